The zero-order valence-corrected chi connectivity index (χ0v) is 15.4. The third-order valence-corrected chi connectivity index (χ3v) is 6.95. The monoisotopic (exact) mass is 367 g/mol. The van der Waals surface area contributed by atoms with E-state index in [1.165, 1.54) is 23.4 Å². The van der Waals surface area contributed by atoms with Gasteiger partial charge in [-0.25, -0.2) is 17.4 Å². The van der Waals surface area contributed by atoms with E-state index in [4.69, 9.17) is 0 Å². The summed E-state index contributed by atoms with van der Waals surface area (Å²) < 4.78 is 26.6. The van der Waals surface area contributed by atoms with Crippen molar-refractivity contribution in [1.82, 2.24) is 24.2 Å². The van der Waals surface area contributed by atoms with Crippen LogP contribution in [-0.4, -0.2) is 71.0 Å². The fourth-order valence-corrected chi connectivity index (χ4v) is 4.76. The van der Waals surface area contributed by atoms with Gasteiger partial charge in [-0.3, -0.25) is 4.79 Å². The summed E-state index contributed by atoms with van der Waals surface area (Å²) in [5.74, 6) is 0.695. The number of amides is 1. The second kappa shape index (κ2) is 6.35. The first kappa shape index (κ1) is 17.0. The minimum Gasteiger partial charge on any atom is -0.340 e. The average Bonchev–Trinajstić information content (AvgIpc) is 3.12. The van der Waals surface area contributed by atoms with Gasteiger partial charge in [-0.05, 0) is 32.1 Å². The molecule has 1 aliphatic carbocycles. The van der Waals surface area contributed by atoms with E-state index in [1.807, 2.05) is 15.8 Å². The molecule has 1 aromatic heterocycles. The van der Waals surface area contributed by atoms with Crippen molar-refractivity contribution >= 4 is 15.9 Å². The zero-order valence-electron chi connectivity index (χ0n) is 14.5. The standard InChI is InChI=1S/C16H25N5O3S/c1-25(23,24)20-8-4-13(5-9-20)16(22)19-7-6-14(10-19)21-11-15(17-18-21)12-2-3-12/h11-14H,2-10H2,1H3/t14-/m0/s1. The zero-order chi connectivity index (χ0) is 17.6. The van der Waals surface area contributed by atoms with Crippen molar-refractivity contribution < 1.29 is 13.2 Å². The molecular weight excluding hydrogens is 342 g/mol. The summed E-state index contributed by atoms with van der Waals surface area (Å²) in [5, 5.41) is 8.52. The fourth-order valence-electron chi connectivity index (χ4n) is 3.89. The van der Waals surface area contributed by atoms with Crippen molar-refractivity contribution in [1.29, 1.82) is 0 Å². The fraction of sp³-hybridized carbons (Fsp3) is 0.812. The minimum atomic E-state index is -3.15. The van der Waals surface area contributed by atoms with E-state index in [-0.39, 0.29) is 17.9 Å². The molecule has 0 unspecified atom stereocenters. The molecule has 1 saturated carbocycles. The first-order valence-corrected chi connectivity index (χ1v) is 10.9. The molecule has 0 aromatic carbocycles. The van der Waals surface area contributed by atoms with Crippen LogP contribution in [0.2, 0.25) is 0 Å². The van der Waals surface area contributed by atoms with Gasteiger partial charge in [0.1, 0.15) is 0 Å². The maximum absolute atomic E-state index is 12.8. The Morgan fingerprint density at radius 2 is 1.84 bits per heavy atom. The molecular formula is C16H25N5O3S. The number of likely N-dealkylation sites (tertiary alicyclic amines) is 1. The highest BCUT2D eigenvalue weighted by Crippen LogP contribution is 2.39. The van der Waals surface area contributed by atoms with Crippen LogP contribution in [0.3, 0.4) is 0 Å². The molecule has 0 N–H and O–H groups in total. The van der Waals surface area contributed by atoms with Gasteiger partial charge in [-0.2, -0.15) is 0 Å². The largest absolute Gasteiger partial charge is 0.340 e. The normalized spacial score (nSPS) is 26.3. The lowest BCUT2D eigenvalue weighted by Gasteiger charge is -2.31. The lowest BCUT2D eigenvalue weighted by Crippen LogP contribution is -2.43. The van der Waals surface area contributed by atoms with Gasteiger partial charge in [0.2, 0.25) is 15.9 Å². The number of hydrogen-bond acceptors (Lipinski definition) is 5. The first-order valence-electron chi connectivity index (χ1n) is 9.07. The Morgan fingerprint density at radius 3 is 2.48 bits per heavy atom. The molecule has 138 valence electrons. The summed E-state index contributed by atoms with van der Waals surface area (Å²) in [6.07, 6.45) is 7.82. The van der Waals surface area contributed by atoms with Gasteiger partial charge >= 0.3 is 0 Å². The van der Waals surface area contributed by atoms with Crippen molar-refractivity contribution in [3.8, 4) is 0 Å². The molecule has 3 fully saturated rings. The molecule has 1 atom stereocenters. The van der Waals surface area contributed by atoms with Crippen molar-refractivity contribution in [2.45, 2.75) is 44.1 Å². The number of carbonyl (C=O) groups is 1. The summed E-state index contributed by atoms with van der Waals surface area (Å²) in [5.41, 5.74) is 1.08. The smallest absolute Gasteiger partial charge is 0.225 e. The SMILES string of the molecule is CS(=O)(=O)N1CCC(C(=O)N2CC[C@H](n3cc(C4CC4)nn3)C2)CC1. The van der Waals surface area contributed by atoms with Gasteiger partial charge in [0.15, 0.2) is 0 Å². The summed E-state index contributed by atoms with van der Waals surface area (Å²) >= 11 is 0. The van der Waals surface area contributed by atoms with Gasteiger partial charge in [0, 0.05) is 44.2 Å². The number of nitrogens with zero attached hydrogens (tertiary/aromatic N) is 5. The number of carbonyl (C=O) groups excluding carboxylic acids is 1. The Balaban J connectivity index is 1.33. The van der Waals surface area contributed by atoms with Gasteiger partial charge in [0.25, 0.3) is 0 Å². The Hall–Kier alpha value is -1.48. The van der Waals surface area contributed by atoms with Crippen LogP contribution in [0.4, 0.5) is 0 Å². The summed E-state index contributed by atoms with van der Waals surface area (Å²) in [6, 6.07) is 0.208. The van der Waals surface area contributed by atoms with Crippen LogP contribution in [0.15, 0.2) is 6.20 Å². The molecule has 9 heteroatoms. The van der Waals surface area contributed by atoms with Gasteiger partial charge < -0.3 is 4.90 Å². The van der Waals surface area contributed by atoms with Gasteiger partial charge in [-0.15, -0.1) is 5.10 Å². The van der Waals surface area contributed by atoms with Crippen molar-refractivity contribution in [2.24, 2.45) is 5.92 Å². The highest BCUT2D eigenvalue weighted by atomic mass is 32.2. The number of aromatic nitrogens is 3. The second-order valence-electron chi connectivity index (χ2n) is 7.56. The van der Waals surface area contributed by atoms with Crippen molar-refractivity contribution in [2.75, 3.05) is 32.4 Å². The van der Waals surface area contributed by atoms with Crippen LogP contribution in [0.1, 0.15) is 49.8 Å². The van der Waals surface area contributed by atoms with E-state index >= 15 is 0 Å². The highest BCUT2D eigenvalue weighted by molar-refractivity contribution is 7.88. The Morgan fingerprint density at radius 1 is 1.12 bits per heavy atom. The second-order valence-corrected chi connectivity index (χ2v) is 9.54. The van der Waals surface area contributed by atoms with Crippen molar-refractivity contribution in [3.05, 3.63) is 11.9 Å². The molecule has 0 spiro atoms. The van der Waals surface area contributed by atoms with Crippen LogP contribution in [-0.2, 0) is 14.8 Å². The van der Waals surface area contributed by atoms with E-state index in [0.29, 0.717) is 38.4 Å². The van der Waals surface area contributed by atoms with E-state index in [1.54, 1.807) is 0 Å². The molecule has 2 saturated heterocycles. The van der Waals surface area contributed by atoms with Crippen LogP contribution in [0.5, 0.6) is 0 Å². The van der Waals surface area contributed by atoms with E-state index < -0.39 is 10.0 Å². The summed E-state index contributed by atoms with van der Waals surface area (Å²) in [4.78, 5) is 14.7. The maximum atomic E-state index is 12.8. The number of piperidine rings is 1. The molecule has 0 radical (unpaired) electrons. The molecule has 25 heavy (non-hydrogen) atoms. The first-order chi connectivity index (χ1) is 11.9. The molecule has 1 aromatic rings. The molecule has 2 aliphatic heterocycles. The highest BCUT2D eigenvalue weighted by Gasteiger charge is 2.35. The number of rotatable bonds is 4. The van der Waals surface area contributed by atoms with E-state index in [2.05, 4.69) is 10.3 Å². The molecule has 3 aliphatic rings. The average molecular weight is 367 g/mol. The lowest BCUT2D eigenvalue weighted by atomic mass is 9.97. The quantitative estimate of drug-likeness (QED) is 0.778. The van der Waals surface area contributed by atoms with Crippen LogP contribution >= 0.6 is 0 Å². The maximum Gasteiger partial charge on any atom is 0.225 e. The number of hydrogen-bond donors (Lipinski definition) is 0. The van der Waals surface area contributed by atoms with E-state index in [0.717, 1.165) is 18.7 Å². The third kappa shape index (κ3) is 3.57. The number of sulfonamides is 1. The molecule has 0 bridgehead atoms. The topological polar surface area (TPSA) is 88.4 Å². The van der Waals surface area contributed by atoms with E-state index in [9.17, 15) is 13.2 Å². The van der Waals surface area contributed by atoms with Gasteiger partial charge in [-0.1, -0.05) is 5.21 Å². The Kier molecular flexibility index (Phi) is 4.31. The predicted molar refractivity (Wildman–Crippen MR) is 91.4 cm³/mol. The Bertz CT molecular complexity index is 750. The molecule has 4 rings (SSSR count). The van der Waals surface area contributed by atoms with Gasteiger partial charge in [0.05, 0.1) is 18.0 Å². The van der Waals surface area contributed by atoms with Crippen LogP contribution in [0, 0.1) is 5.92 Å². The minimum absolute atomic E-state index is 0.0606. The molecule has 3 heterocycles. The van der Waals surface area contributed by atoms with Crippen LogP contribution < -0.4 is 0 Å². The molecule has 1 amide bonds. The third-order valence-electron chi connectivity index (χ3n) is 5.64. The summed E-state index contributed by atoms with van der Waals surface area (Å²) in [7, 11) is -3.15. The molecule has 8 nitrogen and oxygen atoms in total. The predicted octanol–water partition coefficient (Wildman–Crippen LogP) is 0.600. The lowest BCUT2D eigenvalue weighted by molar-refractivity contribution is -0.135. The van der Waals surface area contributed by atoms with Crippen molar-refractivity contribution in [3.63, 3.8) is 0 Å². The van der Waals surface area contributed by atoms with Crippen LogP contribution in [0.25, 0.3) is 0 Å². The Labute approximate surface area is 148 Å². The summed E-state index contributed by atoms with van der Waals surface area (Å²) in [6.45, 7) is 2.31.